The summed E-state index contributed by atoms with van der Waals surface area (Å²) in [5, 5.41) is 0. The summed E-state index contributed by atoms with van der Waals surface area (Å²) >= 11 is 1.67. The van der Waals surface area contributed by atoms with Crippen LogP contribution in [-0.2, 0) is 9.53 Å². The molecule has 0 spiro atoms. The number of unbranched alkanes of at least 4 members (excludes halogenated alkanes) is 4. The van der Waals surface area contributed by atoms with E-state index in [0.29, 0.717) is 5.75 Å². The van der Waals surface area contributed by atoms with E-state index in [1.165, 1.54) is 39.2 Å². The molecule has 0 amide bonds. The highest BCUT2D eigenvalue weighted by molar-refractivity contribution is 7.99. The van der Waals surface area contributed by atoms with E-state index >= 15 is 0 Å². The number of esters is 1. The molecule has 0 atom stereocenters. The number of methoxy groups -OCH3 is 1. The molecule has 0 N–H and O–H groups in total. The third-order valence-corrected chi connectivity index (χ3v) is 2.86. The molecule has 0 rings (SSSR count). The molecular formula is C10H20O2S. The van der Waals surface area contributed by atoms with Gasteiger partial charge >= 0.3 is 5.97 Å². The lowest BCUT2D eigenvalue weighted by molar-refractivity contribution is -0.137. The zero-order valence-electron chi connectivity index (χ0n) is 8.67. The van der Waals surface area contributed by atoms with Gasteiger partial charge in [-0.25, -0.2) is 0 Å². The van der Waals surface area contributed by atoms with Crippen LogP contribution < -0.4 is 0 Å². The maximum absolute atomic E-state index is 10.7. The third-order valence-electron chi connectivity index (χ3n) is 1.84. The first kappa shape index (κ1) is 12.8. The molecule has 0 aliphatic heterocycles. The molecule has 0 aromatic carbocycles. The Kier molecular flexibility index (Phi) is 9.77. The SMILES string of the molecule is CCCCCCCSCC(=O)OC. The van der Waals surface area contributed by atoms with Crippen molar-refractivity contribution in [2.45, 2.75) is 39.0 Å². The number of carbonyl (C=O) groups excluding carboxylic acids is 1. The van der Waals surface area contributed by atoms with Crippen LogP contribution in [0.2, 0.25) is 0 Å². The minimum absolute atomic E-state index is 0.112. The lowest BCUT2D eigenvalue weighted by Gasteiger charge is -2.00. The van der Waals surface area contributed by atoms with Gasteiger partial charge in [0.05, 0.1) is 12.9 Å². The molecular weight excluding hydrogens is 184 g/mol. The second-order valence-corrected chi connectivity index (χ2v) is 4.15. The van der Waals surface area contributed by atoms with E-state index < -0.39 is 0 Å². The van der Waals surface area contributed by atoms with Crippen molar-refractivity contribution in [2.75, 3.05) is 18.6 Å². The Morgan fingerprint density at radius 2 is 1.92 bits per heavy atom. The van der Waals surface area contributed by atoms with Gasteiger partial charge in [0.2, 0.25) is 0 Å². The number of hydrogen-bond donors (Lipinski definition) is 0. The first-order valence-corrected chi connectivity index (χ1v) is 6.11. The lowest BCUT2D eigenvalue weighted by atomic mass is 10.2. The van der Waals surface area contributed by atoms with E-state index in [2.05, 4.69) is 11.7 Å². The van der Waals surface area contributed by atoms with Gasteiger partial charge in [0.15, 0.2) is 0 Å². The molecule has 0 aliphatic rings. The summed E-state index contributed by atoms with van der Waals surface area (Å²) in [6.45, 7) is 2.21. The van der Waals surface area contributed by atoms with Gasteiger partial charge in [0.25, 0.3) is 0 Å². The summed E-state index contributed by atoms with van der Waals surface area (Å²) < 4.78 is 4.54. The van der Waals surface area contributed by atoms with Crippen LogP contribution >= 0.6 is 11.8 Å². The second-order valence-electron chi connectivity index (χ2n) is 3.04. The molecule has 0 bridgehead atoms. The molecule has 0 aliphatic carbocycles. The van der Waals surface area contributed by atoms with Crippen LogP contribution in [0.25, 0.3) is 0 Å². The number of rotatable bonds is 8. The summed E-state index contributed by atoms with van der Waals surface area (Å²) in [6, 6.07) is 0. The molecule has 0 radical (unpaired) electrons. The molecule has 13 heavy (non-hydrogen) atoms. The van der Waals surface area contributed by atoms with Crippen molar-refractivity contribution in [3.8, 4) is 0 Å². The monoisotopic (exact) mass is 204 g/mol. The Morgan fingerprint density at radius 3 is 2.54 bits per heavy atom. The molecule has 2 nitrogen and oxygen atoms in total. The zero-order valence-corrected chi connectivity index (χ0v) is 9.49. The van der Waals surface area contributed by atoms with Gasteiger partial charge in [-0.05, 0) is 12.2 Å². The van der Waals surface area contributed by atoms with Crippen molar-refractivity contribution < 1.29 is 9.53 Å². The summed E-state index contributed by atoms with van der Waals surface area (Å²) in [5.41, 5.74) is 0. The minimum atomic E-state index is -0.112. The number of carbonyl (C=O) groups is 1. The Balaban J connectivity index is 2.95. The van der Waals surface area contributed by atoms with Crippen molar-refractivity contribution in [3.05, 3.63) is 0 Å². The van der Waals surface area contributed by atoms with Crippen LogP contribution in [0.3, 0.4) is 0 Å². The Morgan fingerprint density at radius 1 is 1.23 bits per heavy atom. The standard InChI is InChI=1S/C10H20O2S/c1-3-4-5-6-7-8-13-9-10(11)12-2/h3-9H2,1-2H3. The largest absolute Gasteiger partial charge is 0.468 e. The van der Waals surface area contributed by atoms with E-state index in [4.69, 9.17) is 0 Å². The molecule has 0 aromatic rings. The number of ether oxygens (including phenoxy) is 1. The van der Waals surface area contributed by atoms with Gasteiger partial charge in [-0.3, -0.25) is 4.79 Å². The maximum Gasteiger partial charge on any atom is 0.315 e. The van der Waals surface area contributed by atoms with Crippen LogP contribution in [0.15, 0.2) is 0 Å². The van der Waals surface area contributed by atoms with E-state index in [0.717, 1.165) is 5.75 Å². The summed E-state index contributed by atoms with van der Waals surface area (Å²) in [4.78, 5) is 10.7. The number of thioether (sulfide) groups is 1. The molecule has 3 heteroatoms. The maximum atomic E-state index is 10.7. The van der Waals surface area contributed by atoms with Gasteiger partial charge in [0, 0.05) is 0 Å². The lowest BCUT2D eigenvalue weighted by Crippen LogP contribution is -2.03. The van der Waals surface area contributed by atoms with E-state index in [1.807, 2.05) is 0 Å². The molecule has 0 fully saturated rings. The topological polar surface area (TPSA) is 26.3 Å². The van der Waals surface area contributed by atoms with Crippen LogP contribution in [0.5, 0.6) is 0 Å². The van der Waals surface area contributed by atoms with Crippen molar-refractivity contribution >= 4 is 17.7 Å². The number of hydrogen-bond acceptors (Lipinski definition) is 3. The summed E-state index contributed by atoms with van der Waals surface area (Å²) in [5.74, 6) is 1.47. The molecule has 0 heterocycles. The molecule has 78 valence electrons. The van der Waals surface area contributed by atoms with Crippen LogP contribution in [0.4, 0.5) is 0 Å². The summed E-state index contributed by atoms with van der Waals surface area (Å²) in [7, 11) is 1.43. The highest BCUT2D eigenvalue weighted by Crippen LogP contribution is 2.08. The smallest absolute Gasteiger partial charge is 0.315 e. The second kappa shape index (κ2) is 9.90. The highest BCUT2D eigenvalue weighted by atomic mass is 32.2. The van der Waals surface area contributed by atoms with Crippen LogP contribution in [0, 0.1) is 0 Å². The minimum Gasteiger partial charge on any atom is -0.468 e. The molecule has 0 unspecified atom stereocenters. The molecule has 0 saturated heterocycles. The van der Waals surface area contributed by atoms with Gasteiger partial charge in [0.1, 0.15) is 0 Å². The first-order chi connectivity index (χ1) is 6.31. The average molecular weight is 204 g/mol. The predicted molar refractivity (Wildman–Crippen MR) is 58.1 cm³/mol. The fraction of sp³-hybridized carbons (Fsp3) is 0.900. The van der Waals surface area contributed by atoms with Gasteiger partial charge in [-0.15, -0.1) is 0 Å². The van der Waals surface area contributed by atoms with Gasteiger partial charge in [-0.2, -0.15) is 11.8 Å². The van der Waals surface area contributed by atoms with Crippen molar-refractivity contribution in [1.29, 1.82) is 0 Å². The molecule has 0 aromatic heterocycles. The first-order valence-electron chi connectivity index (χ1n) is 4.95. The quantitative estimate of drug-likeness (QED) is 0.449. The van der Waals surface area contributed by atoms with Crippen molar-refractivity contribution in [1.82, 2.24) is 0 Å². The average Bonchev–Trinajstić information content (AvgIpc) is 2.16. The Hall–Kier alpha value is -0.180. The predicted octanol–water partition coefficient (Wildman–Crippen LogP) is 2.86. The van der Waals surface area contributed by atoms with Crippen LogP contribution in [0.1, 0.15) is 39.0 Å². The Bertz CT molecular complexity index is 126. The molecule has 0 saturated carbocycles. The fourth-order valence-corrected chi connectivity index (χ4v) is 1.86. The van der Waals surface area contributed by atoms with Crippen molar-refractivity contribution in [2.24, 2.45) is 0 Å². The van der Waals surface area contributed by atoms with E-state index in [9.17, 15) is 4.79 Å². The zero-order chi connectivity index (χ0) is 9.94. The summed E-state index contributed by atoms with van der Waals surface area (Å²) in [6.07, 6.45) is 6.47. The highest BCUT2D eigenvalue weighted by Gasteiger charge is 1.98. The fourth-order valence-electron chi connectivity index (χ4n) is 1.02. The third kappa shape index (κ3) is 9.74. The normalized spacial score (nSPS) is 10.0. The van der Waals surface area contributed by atoms with E-state index in [-0.39, 0.29) is 5.97 Å². The van der Waals surface area contributed by atoms with Gasteiger partial charge < -0.3 is 4.74 Å². The van der Waals surface area contributed by atoms with Gasteiger partial charge in [-0.1, -0.05) is 32.6 Å². The van der Waals surface area contributed by atoms with Crippen molar-refractivity contribution in [3.63, 3.8) is 0 Å². The van der Waals surface area contributed by atoms with E-state index in [1.54, 1.807) is 11.8 Å². The van der Waals surface area contributed by atoms with Crippen LogP contribution in [-0.4, -0.2) is 24.6 Å². The Labute approximate surface area is 85.4 Å².